The molecule has 0 aliphatic rings. The molecule has 0 aliphatic carbocycles. The van der Waals surface area contributed by atoms with E-state index in [0.717, 1.165) is 12.1 Å². The van der Waals surface area contributed by atoms with E-state index in [1.54, 1.807) is 6.07 Å². The van der Waals surface area contributed by atoms with E-state index in [1.807, 2.05) is 11.5 Å². The molecule has 13 heteroatoms. The predicted molar refractivity (Wildman–Crippen MR) is 133 cm³/mol. The number of halogens is 3. The Labute approximate surface area is 215 Å². The molecule has 38 heavy (non-hydrogen) atoms. The van der Waals surface area contributed by atoms with Crippen LogP contribution in [0.25, 0.3) is 22.6 Å². The highest BCUT2D eigenvalue weighted by atomic mass is 19.4. The molecule has 1 atom stereocenters. The summed E-state index contributed by atoms with van der Waals surface area (Å²) in [6.45, 7) is 5.49. The second-order valence-electron chi connectivity index (χ2n) is 9.13. The molecule has 4 aromatic rings. The van der Waals surface area contributed by atoms with Gasteiger partial charge in [0.25, 0.3) is 0 Å². The number of fused-ring (bicyclic) bond motifs is 1. The van der Waals surface area contributed by atoms with Crippen molar-refractivity contribution in [2.24, 2.45) is 5.73 Å². The Balaban J connectivity index is 1.63. The molecule has 0 spiro atoms. The second-order valence-corrected chi connectivity index (χ2v) is 9.13. The van der Waals surface area contributed by atoms with Crippen LogP contribution in [0.3, 0.4) is 0 Å². The van der Waals surface area contributed by atoms with Crippen LogP contribution in [0, 0.1) is 11.8 Å². The number of aromatic nitrogens is 5. The number of nitrogens with two attached hydrogens (primary N) is 2. The summed E-state index contributed by atoms with van der Waals surface area (Å²) in [6, 6.07) is 5.97. The summed E-state index contributed by atoms with van der Waals surface area (Å²) < 4.78 is 50.8. The first kappa shape index (κ1) is 26.9. The Bertz CT molecular complexity index is 1490. The van der Waals surface area contributed by atoms with E-state index in [2.05, 4.69) is 32.1 Å². The van der Waals surface area contributed by atoms with Gasteiger partial charge in [0.15, 0.2) is 17.3 Å². The van der Waals surface area contributed by atoms with Crippen molar-refractivity contribution < 1.29 is 27.6 Å². The van der Waals surface area contributed by atoms with Crippen molar-refractivity contribution in [2.45, 2.75) is 51.6 Å². The number of pyridine rings is 1. The van der Waals surface area contributed by atoms with Gasteiger partial charge in [0.05, 0.1) is 11.1 Å². The third-order valence-electron chi connectivity index (χ3n) is 5.47. The van der Waals surface area contributed by atoms with E-state index in [0.29, 0.717) is 35.4 Å². The highest BCUT2D eigenvalue weighted by Crippen LogP contribution is 2.31. The topological polar surface area (TPSA) is 151 Å². The van der Waals surface area contributed by atoms with Crippen LogP contribution >= 0.6 is 0 Å². The van der Waals surface area contributed by atoms with Crippen LogP contribution in [0.2, 0.25) is 0 Å². The molecule has 0 amide bonds. The summed E-state index contributed by atoms with van der Waals surface area (Å²) in [7, 11) is 0. The molecular formula is C25H26F3N7O3. The number of hydrogen-bond donors (Lipinski definition) is 3. The lowest BCUT2D eigenvalue weighted by Crippen LogP contribution is -2.30. The van der Waals surface area contributed by atoms with Crippen molar-refractivity contribution in [1.82, 2.24) is 24.8 Å². The maximum Gasteiger partial charge on any atom is 0.416 e. The van der Waals surface area contributed by atoms with Gasteiger partial charge >= 0.3 is 6.18 Å². The van der Waals surface area contributed by atoms with Crippen LogP contribution in [-0.4, -0.2) is 48.2 Å². The van der Waals surface area contributed by atoms with Crippen LogP contribution in [0.5, 0.6) is 5.88 Å². The van der Waals surface area contributed by atoms with E-state index in [9.17, 15) is 18.3 Å². The van der Waals surface area contributed by atoms with Gasteiger partial charge in [0.1, 0.15) is 23.4 Å². The maximum absolute atomic E-state index is 12.8. The molecule has 3 aromatic heterocycles. The SMILES string of the molecule is CCn1c(-c2nonc2N)nc2c(C#CC(C)(C)O)nc(OC[C@@H](N)Cc3ccc(C(F)(F)F)cc3)cc21. The standard InChI is InChI=1S/C25H26F3N7O3/c1-4-35-18-12-19(37-13-16(29)11-14-5-7-15(8-6-14)25(26,27)28)31-17(9-10-24(2,3)36)20(18)32-23(35)21-22(30)34-38-33-21/h5-8,12,16,36H,4,11,13,29H2,1-3H3,(H2,30,34)/t16-/m0/s1. The average Bonchev–Trinajstić information content (AvgIpc) is 3.43. The lowest BCUT2D eigenvalue weighted by Gasteiger charge is -2.14. The number of aliphatic hydroxyl groups is 1. The van der Waals surface area contributed by atoms with Crippen molar-refractivity contribution in [3.8, 4) is 29.2 Å². The van der Waals surface area contributed by atoms with Gasteiger partial charge in [-0.2, -0.15) is 13.2 Å². The Hall–Kier alpha value is -4.15. The number of anilines is 1. The molecule has 0 saturated heterocycles. The van der Waals surface area contributed by atoms with Gasteiger partial charge in [-0.1, -0.05) is 18.1 Å². The number of ether oxygens (including phenoxy) is 1. The average molecular weight is 530 g/mol. The van der Waals surface area contributed by atoms with Gasteiger partial charge < -0.3 is 25.9 Å². The zero-order valence-corrected chi connectivity index (χ0v) is 20.9. The molecule has 0 bridgehead atoms. The first-order valence-corrected chi connectivity index (χ1v) is 11.7. The fourth-order valence-electron chi connectivity index (χ4n) is 3.71. The Morgan fingerprint density at radius 1 is 1.16 bits per heavy atom. The zero-order chi connectivity index (χ0) is 27.7. The van der Waals surface area contributed by atoms with Gasteiger partial charge in [-0.3, -0.25) is 0 Å². The molecule has 1 aromatic carbocycles. The molecule has 5 N–H and O–H groups in total. The van der Waals surface area contributed by atoms with Crippen molar-refractivity contribution in [3.05, 3.63) is 47.2 Å². The maximum atomic E-state index is 12.8. The largest absolute Gasteiger partial charge is 0.476 e. The number of hydrogen-bond acceptors (Lipinski definition) is 9. The molecule has 0 fully saturated rings. The van der Waals surface area contributed by atoms with Gasteiger partial charge in [0.2, 0.25) is 5.88 Å². The fourth-order valence-corrected chi connectivity index (χ4v) is 3.71. The van der Waals surface area contributed by atoms with Gasteiger partial charge in [-0.15, -0.1) is 0 Å². The summed E-state index contributed by atoms with van der Waals surface area (Å²) >= 11 is 0. The van der Waals surface area contributed by atoms with Gasteiger partial charge in [-0.05, 0) is 61.1 Å². The highest BCUT2D eigenvalue weighted by molar-refractivity contribution is 5.86. The molecule has 0 unspecified atom stereocenters. The minimum absolute atomic E-state index is 0.0329. The summed E-state index contributed by atoms with van der Waals surface area (Å²) in [6.07, 6.45) is -4.11. The minimum Gasteiger partial charge on any atom is -0.476 e. The minimum atomic E-state index is -4.40. The van der Waals surface area contributed by atoms with Crippen molar-refractivity contribution in [2.75, 3.05) is 12.3 Å². The van der Waals surface area contributed by atoms with Crippen LogP contribution in [0.15, 0.2) is 35.0 Å². The highest BCUT2D eigenvalue weighted by Gasteiger charge is 2.30. The molecule has 10 nitrogen and oxygen atoms in total. The fraction of sp³-hybridized carbons (Fsp3) is 0.360. The number of imidazole rings is 1. The van der Waals surface area contributed by atoms with E-state index in [1.165, 1.54) is 26.0 Å². The summed E-state index contributed by atoms with van der Waals surface area (Å²) in [5.41, 5.74) is 12.3. The van der Waals surface area contributed by atoms with Gasteiger partial charge in [0, 0.05) is 18.7 Å². The lowest BCUT2D eigenvalue weighted by atomic mass is 10.0. The molecule has 0 radical (unpaired) electrons. The van der Waals surface area contributed by atoms with Crippen LogP contribution < -0.4 is 16.2 Å². The molecule has 200 valence electrons. The van der Waals surface area contributed by atoms with Crippen LogP contribution in [-0.2, 0) is 19.1 Å². The van der Waals surface area contributed by atoms with Gasteiger partial charge in [-0.25, -0.2) is 14.6 Å². The second kappa shape index (κ2) is 10.3. The molecular weight excluding hydrogens is 503 g/mol. The number of aryl methyl sites for hydroxylation is 1. The van der Waals surface area contributed by atoms with Crippen LogP contribution in [0.4, 0.5) is 19.0 Å². The molecule has 4 rings (SSSR count). The number of alkyl halides is 3. The van der Waals surface area contributed by atoms with Crippen molar-refractivity contribution in [1.29, 1.82) is 0 Å². The molecule has 0 aliphatic heterocycles. The van der Waals surface area contributed by atoms with E-state index in [-0.39, 0.29) is 29.7 Å². The quantitative estimate of drug-likeness (QED) is 0.307. The summed E-state index contributed by atoms with van der Waals surface area (Å²) in [5, 5.41) is 17.6. The van der Waals surface area contributed by atoms with Crippen molar-refractivity contribution >= 4 is 16.9 Å². The Morgan fingerprint density at radius 3 is 2.45 bits per heavy atom. The predicted octanol–water partition coefficient (Wildman–Crippen LogP) is 3.17. The van der Waals surface area contributed by atoms with E-state index in [4.69, 9.17) is 20.8 Å². The monoisotopic (exact) mass is 529 g/mol. The zero-order valence-electron chi connectivity index (χ0n) is 20.9. The third-order valence-corrected chi connectivity index (χ3v) is 5.47. The Morgan fingerprint density at radius 2 is 1.87 bits per heavy atom. The molecule has 3 heterocycles. The lowest BCUT2D eigenvalue weighted by molar-refractivity contribution is -0.137. The normalized spacial score (nSPS) is 12.8. The number of nitrogens with zero attached hydrogens (tertiary/aromatic N) is 5. The first-order valence-electron chi connectivity index (χ1n) is 11.7. The van der Waals surface area contributed by atoms with E-state index < -0.39 is 23.4 Å². The summed E-state index contributed by atoms with van der Waals surface area (Å²) in [4.78, 5) is 9.08. The first-order chi connectivity index (χ1) is 17.9. The molecule has 0 saturated carbocycles. The smallest absolute Gasteiger partial charge is 0.416 e. The third kappa shape index (κ3) is 6.04. The Kier molecular flexibility index (Phi) is 7.30. The number of rotatable bonds is 7. The number of benzene rings is 1. The van der Waals surface area contributed by atoms with E-state index >= 15 is 0 Å². The number of nitrogen functional groups attached to an aromatic ring is 1. The van der Waals surface area contributed by atoms with Crippen molar-refractivity contribution in [3.63, 3.8) is 0 Å². The summed E-state index contributed by atoms with van der Waals surface area (Å²) in [5.74, 6) is 6.25. The van der Waals surface area contributed by atoms with Crippen LogP contribution in [0.1, 0.15) is 37.6 Å².